The molecule has 1 aliphatic heterocycles. The first kappa shape index (κ1) is 19.2. The van der Waals surface area contributed by atoms with Gasteiger partial charge in [0, 0.05) is 24.3 Å². The fourth-order valence-corrected chi connectivity index (χ4v) is 3.92. The number of carbonyl (C=O) groups is 2. The summed E-state index contributed by atoms with van der Waals surface area (Å²) in [6.07, 6.45) is 2.44. The number of carbonyl (C=O) groups excluding carboxylic acids is 2. The van der Waals surface area contributed by atoms with E-state index in [9.17, 15) is 9.59 Å². The van der Waals surface area contributed by atoms with Crippen LogP contribution in [-0.2, 0) is 11.2 Å². The summed E-state index contributed by atoms with van der Waals surface area (Å²) in [6, 6.07) is 21.3. The number of hydrogen-bond donors (Lipinski definition) is 1. The molecule has 3 aromatic rings. The first-order chi connectivity index (χ1) is 14.1. The largest absolute Gasteiger partial charge is 0.339 e. The van der Waals surface area contributed by atoms with Gasteiger partial charge in [0.2, 0.25) is 5.91 Å². The number of nitrogens with one attached hydrogen (secondary N) is 1. The lowest BCUT2D eigenvalue weighted by atomic mass is 9.98. The Morgan fingerprint density at radius 3 is 2.38 bits per heavy atom. The van der Waals surface area contributed by atoms with Crippen LogP contribution in [0.2, 0.25) is 0 Å². The second-order valence-corrected chi connectivity index (χ2v) is 7.92. The van der Waals surface area contributed by atoms with Crippen LogP contribution in [0.4, 0.5) is 5.69 Å². The van der Waals surface area contributed by atoms with Crippen molar-refractivity contribution in [3.63, 3.8) is 0 Å². The van der Waals surface area contributed by atoms with E-state index in [1.54, 1.807) is 24.3 Å². The highest BCUT2D eigenvalue weighted by Gasteiger charge is 2.21. The van der Waals surface area contributed by atoms with Crippen LogP contribution in [-0.4, -0.2) is 29.8 Å². The van der Waals surface area contributed by atoms with Gasteiger partial charge in [0.1, 0.15) is 0 Å². The van der Waals surface area contributed by atoms with E-state index in [-0.39, 0.29) is 11.8 Å². The van der Waals surface area contributed by atoms with E-state index in [1.165, 1.54) is 0 Å². The molecule has 3 aromatic carbocycles. The standard InChI is InChI=1S/C25H26N2O2/c1-18-13-15-27(16-14-18)25(29)20-9-11-22(12-10-20)26-24(28)17-21-7-4-6-19-5-2-3-8-23(19)21/h2-12,18H,13-17H2,1H3,(H,26,28). The smallest absolute Gasteiger partial charge is 0.253 e. The summed E-state index contributed by atoms with van der Waals surface area (Å²) in [5.41, 5.74) is 2.39. The molecule has 0 unspecified atom stereocenters. The number of hydrogen-bond acceptors (Lipinski definition) is 2. The number of rotatable bonds is 4. The maximum Gasteiger partial charge on any atom is 0.253 e. The van der Waals surface area contributed by atoms with Gasteiger partial charge in [0.25, 0.3) is 5.91 Å². The van der Waals surface area contributed by atoms with Gasteiger partial charge >= 0.3 is 0 Å². The number of fused-ring (bicyclic) bond motifs is 1. The minimum Gasteiger partial charge on any atom is -0.339 e. The van der Waals surface area contributed by atoms with Crippen molar-refractivity contribution < 1.29 is 9.59 Å². The molecule has 1 fully saturated rings. The zero-order chi connectivity index (χ0) is 20.2. The molecule has 0 aromatic heterocycles. The summed E-state index contributed by atoms with van der Waals surface area (Å²) in [5.74, 6) is 0.703. The van der Waals surface area contributed by atoms with Crippen LogP contribution in [0.5, 0.6) is 0 Å². The number of anilines is 1. The van der Waals surface area contributed by atoms with Gasteiger partial charge in [-0.3, -0.25) is 9.59 Å². The van der Waals surface area contributed by atoms with Gasteiger partial charge < -0.3 is 10.2 Å². The fourth-order valence-electron chi connectivity index (χ4n) is 3.92. The van der Waals surface area contributed by atoms with Gasteiger partial charge in [0.05, 0.1) is 6.42 Å². The Kier molecular flexibility index (Phi) is 5.61. The highest BCUT2D eigenvalue weighted by atomic mass is 16.2. The third kappa shape index (κ3) is 4.48. The maximum atomic E-state index is 12.6. The molecule has 1 aliphatic rings. The molecule has 2 amide bonds. The molecule has 0 bridgehead atoms. The second kappa shape index (κ2) is 8.48. The van der Waals surface area contributed by atoms with Crippen molar-refractivity contribution in [1.29, 1.82) is 0 Å². The molecule has 0 spiro atoms. The van der Waals surface area contributed by atoms with Crippen molar-refractivity contribution in [2.24, 2.45) is 5.92 Å². The maximum absolute atomic E-state index is 12.6. The summed E-state index contributed by atoms with van der Waals surface area (Å²) >= 11 is 0. The summed E-state index contributed by atoms with van der Waals surface area (Å²) in [4.78, 5) is 27.1. The Labute approximate surface area is 171 Å². The van der Waals surface area contributed by atoms with Gasteiger partial charge in [-0.25, -0.2) is 0 Å². The zero-order valence-corrected chi connectivity index (χ0v) is 16.7. The van der Waals surface area contributed by atoms with E-state index < -0.39 is 0 Å². The number of nitrogens with zero attached hydrogens (tertiary/aromatic N) is 1. The number of likely N-dealkylation sites (tertiary alicyclic amines) is 1. The molecule has 0 atom stereocenters. The fraction of sp³-hybridized carbons (Fsp3) is 0.280. The van der Waals surface area contributed by atoms with E-state index in [1.807, 2.05) is 35.2 Å². The third-order valence-electron chi connectivity index (χ3n) is 5.72. The molecule has 4 nitrogen and oxygen atoms in total. The normalized spacial score (nSPS) is 14.7. The van der Waals surface area contributed by atoms with E-state index in [2.05, 4.69) is 24.4 Å². The van der Waals surface area contributed by atoms with Crippen LogP contribution in [0.1, 0.15) is 35.7 Å². The van der Waals surface area contributed by atoms with E-state index in [0.717, 1.165) is 42.3 Å². The number of amides is 2. The van der Waals surface area contributed by atoms with Gasteiger partial charge in [-0.15, -0.1) is 0 Å². The monoisotopic (exact) mass is 386 g/mol. The van der Waals surface area contributed by atoms with Crippen molar-refractivity contribution in [2.45, 2.75) is 26.2 Å². The predicted octanol–water partition coefficient (Wildman–Crippen LogP) is 4.89. The Hall–Kier alpha value is -3.14. The van der Waals surface area contributed by atoms with Gasteiger partial charge in [0.15, 0.2) is 0 Å². The third-order valence-corrected chi connectivity index (χ3v) is 5.72. The molecular formula is C25H26N2O2. The number of benzene rings is 3. The van der Waals surface area contributed by atoms with Crippen molar-refractivity contribution in [3.8, 4) is 0 Å². The Bertz CT molecular complexity index is 1010. The van der Waals surface area contributed by atoms with Crippen LogP contribution in [0, 0.1) is 5.92 Å². The van der Waals surface area contributed by atoms with Crippen LogP contribution < -0.4 is 5.32 Å². The minimum absolute atomic E-state index is 0.0644. The predicted molar refractivity (Wildman–Crippen MR) is 117 cm³/mol. The molecule has 1 N–H and O–H groups in total. The summed E-state index contributed by atoms with van der Waals surface area (Å²) < 4.78 is 0. The van der Waals surface area contributed by atoms with E-state index in [0.29, 0.717) is 23.6 Å². The molecule has 1 heterocycles. The van der Waals surface area contributed by atoms with E-state index in [4.69, 9.17) is 0 Å². The quantitative estimate of drug-likeness (QED) is 0.694. The highest BCUT2D eigenvalue weighted by Crippen LogP contribution is 2.21. The van der Waals surface area contributed by atoms with Gasteiger partial charge in [-0.05, 0) is 59.4 Å². The summed E-state index contributed by atoms with van der Waals surface area (Å²) in [5, 5.41) is 5.17. The lowest BCUT2D eigenvalue weighted by molar-refractivity contribution is -0.115. The Morgan fingerprint density at radius 1 is 0.931 bits per heavy atom. The molecule has 4 rings (SSSR count). The lowest BCUT2D eigenvalue weighted by Gasteiger charge is -2.30. The topological polar surface area (TPSA) is 49.4 Å². The molecule has 0 radical (unpaired) electrons. The van der Waals surface area contributed by atoms with Crippen LogP contribution in [0.15, 0.2) is 66.7 Å². The SMILES string of the molecule is CC1CCN(C(=O)c2ccc(NC(=O)Cc3cccc4ccccc34)cc2)CC1. The molecule has 29 heavy (non-hydrogen) atoms. The average molecular weight is 386 g/mol. The average Bonchev–Trinajstić information content (AvgIpc) is 2.74. The molecule has 0 aliphatic carbocycles. The molecular weight excluding hydrogens is 360 g/mol. The van der Waals surface area contributed by atoms with Crippen molar-refractivity contribution >= 4 is 28.3 Å². The summed E-state index contributed by atoms with van der Waals surface area (Å²) in [7, 11) is 0. The van der Waals surface area contributed by atoms with E-state index >= 15 is 0 Å². The first-order valence-corrected chi connectivity index (χ1v) is 10.3. The first-order valence-electron chi connectivity index (χ1n) is 10.3. The number of piperidine rings is 1. The van der Waals surface area contributed by atoms with Gasteiger partial charge in [-0.1, -0.05) is 49.4 Å². The van der Waals surface area contributed by atoms with Crippen molar-refractivity contribution in [3.05, 3.63) is 77.9 Å². The highest BCUT2D eigenvalue weighted by molar-refractivity contribution is 5.97. The Balaban J connectivity index is 1.39. The Morgan fingerprint density at radius 2 is 1.62 bits per heavy atom. The van der Waals surface area contributed by atoms with Crippen LogP contribution >= 0.6 is 0 Å². The van der Waals surface area contributed by atoms with Crippen LogP contribution in [0.3, 0.4) is 0 Å². The van der Waals surface area contributed by atoms with Crippen molar-refractivity contribution in [2.75, 3.05) is 18.4 Å². The second-order valence-electron chi connectivity index (χ2n) is 7.92. The molecule has 148 valence electrons. The minimum atomic E-state index is -0.0644. The van der Waals surface area contributed by atoms with Crippen molar-refractivity contribution in [1.82, 2.24) is 4.90 Å². The zero-order valence-electron chi connectivity index (χ0n) is 16.7. The van der Waals surface area contributed by atoms with Gasteiger partial charge in [-0.2, -0.15) is 0 Å². The lowest BCUT2D eigenvalue weighted by Crippen LogP contribution is -2.37. The van der Waals surface area contributed by atoms with Crippen LogP contribution in [0.25, 0.3) is 10.8 Å². The molecule has 0 saturated carbocycles. The summed E-state index contributed by atoms with van der Waals surface area (Å²) in [6.45, 7) is 3.88. The molecule has 1 saturated heterocycles. The molecule has 4 heteroatoms.